The van der Waals surface area contributed by atoms with Gasteiger partial charge in [-0.25, -0.2) is 0 Å². The molecule has 0 spiro atoms. The third-order valence-electron chi connectivity index (χ3n) is 4.05. The third kappa shape index (κ3) is 4.54. The Bertz CT molecular complexity index is 431. The van der Waals surface area contributed by atoms with Gasteiger partial charge in [-0.1, -0.05) is 69.3 Å². The SMILES string of the molecule is C=Nc1cccc(C(=S)CC2CCCCCCC2)c1. The van der Waals surface area contributed by atoms with Gasteiger partial charge in [0.25, 0.3) is 0 Å². The van der Waals surface area contributed by atoms with E-state index in [2.05, 4.69) is 23.8 Å². The number of hydrogen-bond acceptors (Lipinski definition) is 2. The molecule has 1 aliphatic rings. The van der Waals surface area contributed by atoms with Crippen LogP contribution in [0.25, 0.3) is 0 Å². The normalized spacial score (nSPS) is 17.5. The molecule has 0 saturated heterocycles. The van der Waals surface area contributed by atoms with Crippen molar-refractivity contribution in [3.8, 4) is 0 Å². The van der Waals surface area contributed by atoms with Gasteiger partial charge in [0.15, 0.2) is 0 Å². The number of hydrogen-bond donors (Lipinski definition) is 0. The molecule has 0 aliphatic heterocycles. The fourth-order valence-electron chi connectivity index (χ4n) is 2.90. The zero-order valence-corrected chi connectivity index (χ0v) is 12.4. The Morgan fingerprint density at radius 3 is 2.53 bits per heavy atom. The second-order valence-corrected chi connectivity index (χ2v) is 6.04. The van der Waals surface area contributed by atoms with Crippen LogP contribution in [0.15, 0.2) is 29.3 Å². The lowest BCUT2D eigenvalue weighted by Crippen LogP contribution is -2.10. The molecule has 0 bridgehead atoms. The summed E-state index contributed by atoms with van der Waals surface area (Å²) in [5.41, 5.74) is 2.07. The molecule has 0 N–H and O–H groups in total. The molecule has 2 rings (SSSR count). The van der Waals surface area contributed by atoms with Crippen LogP contribution in [-0.2, 0) is 0 Å². The standard InChI is InChI=1S/C17H23NS/c1-18-16-11-7-10-15(13-16)17(19)12-14-8-5-3-2-4-6-9-14/h7,10-11,13-14H,1-6,8-9,12H2. The van der Waals surface area contributed by atoms with Crippen LogP contribution in [0.1, 0.15) is 56.9 Å². The fourth-order valence-corrected chi connectivity index (χ4v) is 3.27. The lowest BCUT2D eigenvalue weighted by atomic mass is 9.87. The average molecular weight is 273 g/mol. The maximum atomic E-state index is 5.62. The minimum atomic E-state index is 0.785. The molecule has 0 radical (unpaired) electrons. The zero-order valence-electron chi connectivity index (χ0n) is 11.6. The van der Waals surface area contributed by atoms with Gasteiger partial charge in [-0.15, -0.1) is 0 Å². The first kappa shape index (κ1) is 14.4. The van der Waals surface area contributed by atoms with Crippen LogP contribution >= 0.6 is 12.2 Å². The molecule has 102 valence electrons. The number of benzene rings is 1. The molecule has 0 heterocycles. The maximum Gasteiger partial charge on any atom is 0.0628 e. The van der Waals surface area contributed by atoms with Crippen molar-refractivity contribution in [2.24, 2.45) is 10.9 Å². The van der Waals surface area contributed by atoms with Gasteiger partial charge in [-0.2, -0.15) is 0 Å². The van der Waals surface area contributed by atoms with Gasteiger partial charge in [0.2, 0.25) is 0 Å². The first-order chi connectivity index (χ1) is 9.29. The van der Waals surface area contributed by atoms with Crippen molar-refractivity contribution in [1.82, 2.24) is 0 Å². The van der Waals surface area contributed by atoms with E-state index in [9.17, 15) is 0 Å². The van der Waals surface area contributed by atoms with E-state index < -0.39 is 0 Å². The second kappa shape index (κ2) is 7.54. The monoisotopic (exact) mass is 273 g/mol. The number of nitrogens with zero attached hydrogens (tertiary/aromatic N) is 1. The minimum Gasteiger partial charge on any atom is -0.265 e. The van der Waals surface area contributed by atoms with Gasteiger partial charge in [0, 0.05) is 4.86 Å². The number of thiocarbonyl (C=S) groups is 1. The van der Waals surface area contributed by atoms with Crippen LogP contribution in [0, 0.1) is 5.92 Å². The first-order valence-corrected chi connectivity index (χ1v) is 7.80. The molecule has 2 heteroatoms. The number of aliphatic imine (C=N–C) groups is 1. The van der Waals surface area contributed by atoms with E-state index in [0.29, 0.717) is 0 Å². The Morgan fingerprint density at radius 2 is 1.84 bits per heavy atom. The van der Waals surface area contributed by atoms with Crippen molar-refractivity contribution in [3.63, 3.8) is 0 Å². The summed E-state index contributed by atoms with van der Waals surface area (Å²) in [6.45, 7) is 3.58. The molecular formula is C17H23NS. The quantitative estimate of drug-likeness (QED) is 0.401. The second-order valence-electron chi connectivity index (χ2n) is 5.55. The zero-order chi connectivity index (χ0) is 13.5. The van der Waals surface area contributed by atoms with Crippen LogP contribution in [0.3, 0.4) is 0 Å². The predicted molar refractivity (Wildman–Crippen MR) is 87.8 cm³/mol. The first-order valence-electron chi connectivity index (χ1n) is 7.39. The summed E-state index contributed by atoms with van der Waals surface area (Å²) in [5.74, 6) is 0.785. The van der Waals surface area contributed by atoms with Crippen molar-refractivity contribution in [3.05, 3.63) is 29.8 Å². The third-order valence-corrected chi connectivity index (χ3v) is 4.45. The van der Waals surface area contributed by atoms with Gasteiger partial charge in [-0.3, -0.25) is 4.99 Å². The Morgan fingerprint density at radius 1 is 1.16 bits per heavy atom. The van der Waals surface area contributed by atoms with Crippen LogP contribution in [0.2, 0.25) is 0 Å². The fraction of sp³-hybridized carbons (Fsp3) is 0.529. The highest BCUT2D eigenvalue weighted by molar-refractivity contribution is 7.80. The number of rotatable bonds is 4. The minimum absolute atomic E-state index is 0.785. The molecular weight excluding hydrogens is 250 g/mol. The van der Waals surface area contributed by atoms with Crippen LogP contribution in [0.5, 0.6) is 0 Å². The lowest BCUT2D eigenvalue weighted by Gasteiger charge is -2.20. The molecule has 1 nitrogen and oxygen atoms in total. The van der Waals surface area contributed by atoms with Crippen molar-refractivity contribution < 1.29 is 0 Å². The van der Waals surface area contributed by atoms with E-state index in [0.717, 1.165) is 28.5 Å². The van der Waals surface area contributed by atoms with E-state index in [1.165, 1.54) is 44.9 Å². The summed E-state index contributed by atoms with van der Waals surface area (Å²) in [6, 6.07) is 8.14. The van der Waals surface area contributed by atoms with Crippen molar-refractivity contribution in [2.45, 2.75) is 51.4 Å². The molecule has 0 atom stereocenters. The van der Waals surface area contributed by atoms with Gasteiger partial charge in [0.1, 0.15) is 0 Å². The Labute approximate surface area is 122 Å². The maximum absolute atomic E-state index is 5.62. The van der Waals surface area contributed by atoms with Crippen LogP contribution in [0.4, 0.5) is 5.69 Å². The summed E-state index contributed by atoms with van der Waals surface area (Å²) in [6.07, 6.45) is 10.7. The van der Waals surface area contributed by atoms with Crippen molar-refractivity contribution in [2.75, 3.05) is 0 Å². The van der Waals surface area contributed by atoms with E-state index >= 15 is 0 Å². The molecule has 1 aromatic rings. The average Bonchev–Trinajstić information content (AvgIpc) is 2.41. The molecule has 0 amide bonds. The topological polar surface area (TPSA) is 12.4 Å². The van der Waals surface area contributed by atoms with E-state index in [1.54, 1.807) is 0 Å². The highest BCUT2D eigenvalue weighted by Gasteiger charge is 2.14. The summed E-state index contributed by atoms with van der Waals surface area (Å²) >= 11 is 5.62. The summed E-state index contributed by atoms with van der Waals surface area (Å²) < 4.78 is 0. The van der Waals surface area contributed by atoms with Crippen LogP contribution in [-0.4, -0.2) is 11.6 Å². The predicted octanol–water partition coefficient (Wildman–Crippen LogP) is 5.49. The Hall–Kier alpha value is -1.02. The van der Waals surface area contributed by atoms with Gasteiger partial charge in [0.05, 0.1) is 5.69 Å². The van der Waals surface area contributed by atoms with E-state index in [4.69, 9.17) is 12.2 Å². The smallest absolute Gasteiger partial charge is 0.0628 e. The summed E-state index contributed by atoms with van der Waals surface area (Å²) in [4.78, 5) is 5.07. The lowest BCUT2D eigenvalue weighted by molar-refractivity contribution is 0.389. The van der Waals surface area contributed by atoms with E-state index in [1.807, 2.05) is 12.1 Å². The van der Waals surface area contributed by atoms with Gasteiger partial charge in [-0.05, 0) is 36.8 Å². The molecule has 0 aromatic heterocycles. The summed E-state index contributed by atoms with van der Waals surface area (Å²) in [5, 5.41) is 0. The molecule has 1 aliphatic carbocycles. The highest BCUT2D eigenvalue weighted by atomic mass is 32.1. The summed E-state index contributed by atoms with van der Waals surface area (Å²) in [7, 11) is 0. The molecule has 19 heavy (non-hydrogen) atoms. The molecule has 1 aromatic carbocycles. The van der Waals surface area contributed by atoms with Crippen molar-refractivity contribution >= 4 is 29.5 Å². The largest absolute Gasteiger partial charge is 0.265 e. The van der Waals surface area contributed by atoms with Crippen molar-refractivity contribution in [1.29, 1.82) is 0 Å². The van der Waals surface area contributed by atoms with E-state index in [-0.39, 0.29) is 0 Å². The highest BCUT2D eigenvalue weighted by Crippen LogP contribution is 2.27. The van der Waals surface area contributed by atoms with Crippen LogP contribution < -0.4 is 0 Å². The molecule has 1 fully saturated rings. The van der Waals surface area contributed by atoms with Gasteiger partial charge < -0.3 is 0 Å². The molecule has 0 unspecified atom stereocenters. The molecule has 1 saturated carbocycles. The van der Waals surface area contributed by atoms with Gasteiger partial charge >= 0.3 is 0 Å². The Balaban J connectivity index is 1.96. The Kier molecular flexibility index (Phi) is 5.71.